The number of rotatable bonds is 2. The average molecular weight is 210 g/mol. The second kappa shape index (κ2) is 4.52. The zero-order chi connectivity index (χ0) is 11.5. The van der Waals surface area contributed by atoms with E-state index in [9.17, 15) is 0 Å². The van der Waals surface area contributed by atoms with Gasteiger partial charge in [-0.15, -0.1) is 0 Å². The van der Waals surface area contributed by atoms with Crippen LogP contribution in [0.1, 0.15) is 30.5 Å². The number of benzene rings is 2. The van der Waals surface area contributed by atoms with E-state index in [0.29, 0.717) is 0 Å². The molecular weight excluding hydrogens is 192 g/mol. The molecule has 0 spiro atoms. The minimum Gasteiger partial charge on any atom is -0.0871 e. The Morgan fingerprint density at radius 2 is 2.00 bits per heavy atom. The molecule has 0 atom stereocenters. The molecule has 0 fully saturated rings. The van der Waals surface area contributed by atoms with Gasteiger partial charge in [0.1, 0.15) is 0 Å². The SMILES string of the molecule is C/C=C\c1cc2cccc(C)c2cc1CC. The third-order valence-electron chi connectivity index (χ3n) is 3.09. The Hall–Kier alpha value is -1.56. The van der Waals surface area contributed by atoms with E-state index < -0.39 is 0 Å². The molecule has 0 aliphatic carbocycles. The van der Waals surface area contributed by atoms with Crippen LogP contribution in [0.2, 0.25) is 0 Å². The minimum absolute atomic E-state index is 1.09. The highest BCUT2D eigenvalue weighted by molar-refractivity contribution is 5.88. The third kappa shape index (κ3) is 1.88. The standard InChI is InChI=1S/C16H18/c1-4-7-14-10-15-9-6-8-12(3)16(15)11-13(14)5-2/h4,6-11H,5H2,1-3H3/b7-4-. The van der Waals surface area contributed by atoms with Gasteiger partial charge in [0.25, 0.3) is 0 Å². The molecule has 0 amide bonds. The van der Waals surface area contributed by atoms with E-state index in [1.54, 1.807) is 0 Å². The van der Waals surface area contributed by atoms with Gasteiger partial charge in [-0.3, -0.25) is 0 Å². The number of hydrogen-bond acceptors (Lipinski definition) is 0. The lowest BCUT2D eigenvalue weighted by molar-refractivity contribution is 1.14. The Labute approximate surface area is 97.6 Å². The largest absolute Gasteiger partial charge is 0.0871 e. The smallest absolute Gasteiger partial charge is 0.0152 e. The highest BCUT2D eigenvalue weighted by Gasteiger charge is 2.02. The highest BCUT2D eigenvalue weighted by atomic mass is 14.1. The molecule has 16 heavy (non-hydrogen) atoms. The van der Waals surface area contributed by atoms with Gasteiger partial charge < -0.3 is 0 Å². The molecule has 0 aliphatic rings. The van der Waals surface area contributed by atoms with E-state index >= 15 is 0 Å². The maximum Gasteiger partial charge on any atom is -0.0152 e. The van der Waals surface area contributed by atoms with E-state index in [1.807, 2.05) is 0 Å². The number of hydrogen-bond donors (Lipinski definition) is 0. The van der Waals surface area contributed by atoms with Crippen LogP contribution in [0, 0.1) is 6.92 Å². The number of fused-ring (bicyclic) bond motifs is 1. The van der Waals surface area contributed by atoms with Crippen molar-refractivity contribution in [3.05, 3.63) is 53.1 Å². The maximum absolute atomic E-state index is 2.33. The third-order valence-corrected chi connectivity index (χ3v) is 3.09. The molecule has 2 aromatic carbocycles. The van der Waals surface area contributed by atoms with Crippen molar-refractivity contribution in [2.75, 3.05) is 0 Å². The van der Waals surface area contributed by atoms with E-state index in [-0.39, 0.29) is 0 Å². The fourth-order valence-corrected chi connectivity index (χ4v) is 2.19. The van der Waals surface area contributed by atoms with E-state index in [4.69, 9.17) is 0 Å². The quantitative estimate of drug-likeness (QED) is 0.671. The first-order chi connectivity index (χ1) is 7.76. The minimum atomic E-state index is 1.09. The number of allylic oxidation sites excluding steroid dienone is 1. The average Bonchev–Trinajstić information content (AvgIpc) is 2.29. The molecule has 0 aliphatic heterocycles. The van der Waals surface area contributed by atoms with Crippen molar-refractivity contribution < 1.29 is 0 Å². The summed E-state index contributed by atoms with van der Waals surface area (Å²) in [5.74, 6) is 0. The normalized spacial score (nSPS) is 11.4. The Morgan fingerprint density at radius 1 is 1.19 bits per heavy atom. The van der Waals surface area contributed by atoms with Gasteiger partial charge >= 0.3 is 0 Å². The van der Waals surface area contributed by atoms with Gasteiger partial charge in [-0.1, -0.05) is 43.3 Å². The van der Waals surface area contributed by atoms with E-state index in [2.05, 4.69) is 63.3 Å². The van der Waals surface area contributed by atoms with Gasteiger partial charge in [0.05, 0.1) is 0 Å². The van der Waals surface area contributed by atoms with Crippen molar-refractivity contribution >= 4 is 16.8 Å². The van der Waals surface area contributed by atoms with Crippen LogP contribution in [0.5, 0.6) is 0 Å². The van der Waals surface area contributed by atoms with Gasteiger partial charge in [-0.25, -0.2) is 0 Å². The van der Waals surface area contributed by atoms with Gasteiger partial charge in [-0.2, -0.15) is 0 Å². The summed E-state index contributed by atoms with van der Waals surface area (Å²) in [4.78, 5) is 0. The van der Waals surface area contributed by atoms with Crippen LogP contribution in [0.3, 0.4) is 0 Å². The Morgan fingerprint density at radius 3 is 2.69 bits per heavy atom. The summed E-state index contributed by atoms with van der Waals surface area (Å²) < 4.78 is 0. The fraction of sp³-hybridized carbons (Fsp3) is 0.250. The summed E-state index contributed by atoms with van der Waals surface area (Å²) in [6.07, 6.45) is 5.39. The zero-order valence-corrected chi connectivity index (χ0v) is 10.2. The van der Waals surface area contributed by atoms with Crippen molar-refractivity contribution in [2.45, 2.75) is 27.2 Å². The summed E-state index contributed by atoms with van der Waals surface area (Å²) in [6.45, 7) is 6.46. The molecule has 2 rings (SSSR count). The Kier molecular flexibility index (Phi) is 3.09. The van der Waals surface area contributed by atoms with Crippen LogP contribution in [0.25, 0.3) is 16.8 Å². The van der Waals surface area contributed by atoms with Gasteiger partial charge in [0, 0.05) is 0 Å². The van der Waals surface area contributed by atoms with Crippen molar-refractivity contribution in [3.8, 4) is 0 Å². The summed E-state index contributed by atoms with van der Waals surface area (Å²) in [5.41, 5.74) is 4.14. The molecule has 82 valence electrons. The second-order valence-corrected chi connectivity index (χ2v) is 4.20. The lowest BCUT2D eigenvalue weighted by atomic mass is 9.96. The lowest BCUT2D eigenvalue weighted by Crippen LogP contribution is -1.88. The molecule has 2 aromatic rings. The van der Waals surface area contributed by atoms with E-state index in [0.717, 1.165) is 6.42 Å². The van der Waals surface area contributed by atoms with Crippen LogP contribution < -0.4 is 0 Å². The zero-order valence-electron chi connectivity index (χ0n) is 10.2. The molecular formula is C16H18. The molecule has 0 heteroatoms. The van der Waals surface area contributed by atoms with Crippen LogP contribution in [-0.4, -0.2) is 0 Å². The van der Waals surface area contributed by atoms with E-state index in [1.165, 1.54) is 27.5 Å². The second-order valence-electron chi connectivity index (χ2n) is 4.20. The molecule has 0 unspecified atom stereocenters. The first kappa shape index (κ1) is 10.9. The predicted molar refractivity (Wildman–Crippen MR) is 72.8 cm³/mol. The fourth-order valence-electron chi connectivity index (χ4n) is 2.19. The lowest BCUT2D eigenvalue weighted by Gasteiger charge is -2.08. The Bertz CT molecular complexity index is 533. The molecule has 0 bridgehead atoms. The molecule has 0 heterocycles. The molecule has 0 saturated carbocycles. The predicted octanol–water partition coefficient (Wildman–Crippen LogP) is 4.74. The molecule has 0 N–H and O–H groups in total. The van der Waals surface area contributed by atoms with Gasteiger partial charge in [0.2, 0.25) is 0 Å². The monoisotopic (exact) mass is 210 g/mol. The molecule has 0 aromatic heterocycles. The summed E-state index contributed by atoms with van der Waals surface area (Å²) in [6, 6.07) is 11.1. The van der Waals surface area contributed by atoms with Crippen molar-refractivity contribution in [1.82, 2.24) is 0 Å². The summed E-state index contributed by atoms with van der Waals surface area (Å²) in [5, 5.41) is 2.72. The molecule has 0 nitrogen and oxygen atoms in total. The van der Waals surface area contributed by atoms with Crippen LogP contribution >= 0.6 is 0 Å². The first-order valence-electron chi connectivity index (χ1n) is 5.91. The van der Waals surface area contributed by atoms with Crippen molar-refractivity contribution in [2.24, 2.45) is 0 Å². The first-order valence-corrected chi connectivity index (χ1v) is 5.91. The van der Waals surface area contributed by atoms with Crippen LogP contribution in [0.4, 0.5) is 0 Å². The highest BCUT2D eigenvalue weighted by Crippen LogP contribution is 2.24. The molecule has 0 radical (unpaired) electrons. The Balaban J connectivity index is 2.75. The van der Waals surface area contributed by atoms with Crippen LogP contribution in [0.15, 0.2) is 36.4 Å². The number of aryl methyl sites for hydroxylation is 2. The maximum atomic E-state index is 2.33. The van der Waals surface area contributed by atoms with Gasteiger partial charge in [0.15, 0.2) is 0 Å². The van der Waals surface area contributed by atoms with Gasteiger partial charge in [-0.05, 0) is 53.8 Å². The van der Waals surface area contributed by atoms with Crippen LogP contribution in [-0.2, 0) is 6.42 Å². The summed E-state index contributed by atoms with van der Waals surface area (Å²) >= 11 is 0. The summed E-state index contributed by atoms with van der Waals surface area (Å²) in [7, 11) is 0. The molecule has 0 saturated heterocycles. The van der Waals surface area contributed by atoms with Crippen molar-refractivity contribution in [3.63, 3.8) is 0 Å². The van der Waals surface area contributed by atoms with Crippen molar-refractivity contribution in [1.29, 1.82) is 0 Å². The topological polar surface area (TPSA) is 0 Å².